The standard InChI is InChI=1S/C13H9F3N2/c1-2-9-3-5-10(6-4-9)7-11-8-17-18-12(11)13(14,15)16/h1,3-6,8H,7H2,(H,17,18). The van der Waals surface area contributed by atoms with E-state index in [1.165, 1.54) is 6.20 Å². The number of aromatic amines is 1. The molecular weight excluding hydrogens is 241 g/mol. The lowest BCUT2D eigenvalue weighted by molar-refractivity contribution is -0.141. The lowest BCUT2D eigenvalue weighted by Crippen LogP contribution is -2.09. The van der Waals surface area contributed by atoms with Crippen LogP contribution in [-0.4, -0.2) is 10.2 Å². The molecule has 1 heterocycles. The number of hydrogen-bond donors (Lipinski definition) is 1. The van der Waals surface area contributed by atoms with E-state index in [-0.39, 0.29) is 12.0 Å². The van der Waals surface area contributed by atoms with E-state index in [1.807, 2.05) is 5.10 Å². The molecule has 0 bridgehead atoms. The number of nitrogens with one attached hydrogen (secondary N) is 1. The maximum Gasteiger partial charge on any atom is 0.433 e. The topological polar surface area (TPSA) is 28.7 Å². The highest BCUT2D eigenvalue weighted by atomic mass is 19.4. The van der Waals surface area contributed by atoms with Crippen LogP contribution in [0.25, 0.3) is 0 Å². The molecule has 0 fully saturated rings. The molecule has 1 aromatic heterocycles. The molecule has 0 radical (unpaired) electrons. The zero-order valence-corrected chi connectivity index (χ0v) is 9.25. The third-order valence-corrected chi connectivity index (χ3v) is 2.52. The van der Waals surface area contributed by atoms with Crippen molar-refractivity contribution in [2.45, 2.75) is 12.6 Å². The number of alkyl halides is 3. The Morgan fingerprint density at radius 3 is 2.44 bits per heavy atom. The van der Waals surface area contributed by atoms with Crippen molar-refractivity contribution in [2.24, 2.45) is 0 Å². The van der Waals surface area contributed by atoms with Crippen LogP contribution in [0.2, 0.25) is 0 Å². The van der Waals surface area contributed by atoms with Gasteiger partial charge in [-0.15, -0.1) is 6.42 Å². The van der Waals surface area contributed by atoms with Crippen LogP contribution in [0.5, 0.6) is 0 Å². The first-order valence-electron chi connectivity index (χ1n) is 5.15. The molecule has 0 spiro atoms. The van der Waals surface area contributed by atoms with Crippen molar-refractivity contribution < 1.29 is 13.2 Å². The SMILES string of the molecule is C#Cc1ccc(Cc2cn[nH]c2C(F)(F)F)cc1. The fourth-order valence-electron chi connectivity index (χ4n) is 1.63. The Kier molecular flexibility index (Phi) is 3.11. The predicted molar refractivity (Wildman–Crippen MR) is 60.8 cm³/mol. The van der Waals surface area contributed by atoms with Gasteiger partial charge in [-0.05, 0) is 17.7 Å². The van der Waals surface area contributed by atoms with Crippen molar-refractivity contribution in [1.82, 2.24) is 10.2 Å². The van der Waals surface area contributed by atoms with Crippen molar-refractivity contribution >= 4 is 0 Å². The Balaban J connectivity index is 2.24. The first kappa shape index (κ1) is 12.2. The van der Waals surface area contributed by atoms with Gasteiger partial charge in [0.05, 0.1) is 6.20 Å². The molecule has 92 valence electrons. The quantitative estimate of drug-likeness (QED) is 0.815. The van der Waals surface area contributed by atoms with Crippen molar-refractivity contribution in [3.05, 3.63) is 52.8 Å². The molecule has 0 aliphatic heterocycles. The Hall–Kier alpha value is -2.22. The average molecular weight is 250 g/mol. The Morgan fingerprint density at radius 2 is 1.89 bits per heavy atom. The molecule has 2 aromatic rings. The van der Waals surface area contributed by atoms with Crippen molar-refractivity contribution in [2.75, 3.05) is 0 Å². The van der Waals surface area contributed by atoms with Crippen LogP contribution in [0.4, 0.5) is 13.2 Å². The van der Waals surface area contributed by atoms with Crippen LogP contribution in [0.3, 0.4) is 0 Å². The van der Waals surface area contributed by atoms with E-state index in [0.717, 1.165) is 5.56 Å². The molecule has 2 rings (SSSR count). The summed E-state index contributed by atoms with van der Waals surface area (Å²) in [5.41, 5.74) is 0.766. The second kappa shape index (κ2) is 4.57. The third kappa shape index (κ3) is 2.54. The summed E-state index contributed by atoms with van der Waals surface area (Å²) in [7, 11) is 0. The van der Waals surface area contributed by atoms with Gasteiger partial charge in [0, 0.05) is 17.5 Å². The number of halogens is 3. The van der Waals surface area contributed by atoms with E-state index in [1.54, 1.807) is 24.3 Å². The Labute approximate surface area is 102 Å². The summed E-state index contributed by atoms with van der Waals surface area (Å²) in [6, 6.07) is 6.82. The van der Waals surface area contributed by atoms with Crippen molar-refractivity contribution in [1.29, 1.82) is 0 Å². The molecule has 1 N–H and O–H groups in total. The molecule has 0 saturated heterocycles. The van der Waals surface area contributed by atoms with Gasteiger partial charge in [-0.2, -0.15) is 18.3 Å². The maximum atomic E-state index is 12.6. The molecule has 0 aliphatic carbocycles. The number of H-pyrrole nitrogens is 1. The smallest absolute Gasteiger partial charge is 0.273 e. The summed E-state index contributed by atoms with van der Waals surface area (Å²) in [5.74, 6) is 2.45. The van der Waals surface area contributed by atoms with Gasteiger partial charge in [0.25, 0.3) is 0 Å². The monoisotopic (exact) mass is 250 g/mol. The maximum absolute atomic E-state index is 12.6. The number of aromatic nitrogens is 2. The summed E-state index contributed by atoms with van der Waals surface area (Å²) < 4.78 is 37.8. The number of rotatable bonds is 2. The van der Waals surface area contributed by atoms with E-state index < -0.39 is 11.9 Å². The zero-order chi connectivity index (χ0) is 13.2. The Bertz CT molecular complexity index is 574. The average Bonchev–Trinajstić information content (AvgIpc) is 2.78. The normalized spacial score (nSPS) is 11.2. The number of benzene rings is 1. The van der Waals surface area contributed by atoms with Crippen LogP contribution in [0.15, 0.2) is 30.5 Å². The van der Waals surface area contributed by atoms with Crippen molar-refractivity contribution in [3.63, 3.8) is 0 Å². The molecule has 18 heavy (non-hydrogen) atoms. The van der Waals surface area contributed by atoms with E-state index in [2.05, 4.69) is 11.0 Å². The lowest BCUT2D eigenvalue weighted by Gasteiger charge is -2.07. The molecule has 0 atom stereocenters. The number of nitrogens with zero attached hydrogens (tertiary/aromatic N) is 1. The van der Waals surface area contributed by atoms with Gasteiger partial charge in [0.2, 0.25) is 0 Å². The van der Waals surface area contributed by atoms with Gasteiger partial charge >= 0.3 is 6.18 Å². The molecule has 0 amide bonds. The molecule has 5 heteroatoms. The Morgan fingerprint density at radius 1 is 1.22 bits per heavy atom. The van der Waals surface area contributed by atoms with Crippen LogP contribution in [0, 0.1) is 12.3 Å². The van der Waals surface area contributed by atoms with Crippen LogP contribution >= 0.6 is 0 Å². The highest BCUT2D eigenvalue weighted by molar-refractivity contribution is 5.36. The first-order chi connectivity index (χ1) is 8.50. The minimum Gasteiger partial charge on any atom is -0.273 e. The van der Waals surface area contributed by atoms with E-state index in [0.29, 0.717) is 5.56 Å². The van der Waals surface area contributed by atoms with Crippen LogP contribution in [-0.2, 0) is 12.6 Å². The third-order valence-electron chi connectivity index (χ3n) is 2.52. The number of terminal acetylenes is 1. The van der Waals surface area contributed by atoms with Gasteiger partial charge in [-0.3, -0.25) is 5.10 Å². The predicted octanol–water partition coefficient (Wildman–Crippen LogP) is 3.00. The van der Waals surface area contributed by atoms with Gasteiger partial charge < -0.3 is 0 Å². The molecule has 0 unspecified atom stereocenters. The summed E-state index contributed by atoms with van der Waals surface area (Å²) in [4.78, 5) is 0. The van der Waals surface area contributed by atoms with Gasteiger partial charge in [0.15, 0.2) is 0 Å². The molecule has 2 nitrogen and oxygen atoms in total. The van der Waals surface area contributed by atoms with Gasteiger partial charge in [-0.1, -0.05) is 18.1 Å². The second-order valence-corrected chi connectivity index (χ2v) is 3.79. The fraction of sp³-hybridized carbons (Fsp3) is 0.154. The second-order valence-electron chi connectivity index (χ2n) is 3.79. The lowest BCUT2D eigenvalue weighted by atomic mass is 10.0. The van der Waals surface area contributed by atoms with E-state index in [9.17, 15) is 13.2 Å². The minimum atomic E-state index is -4.41. The van der Waals surface area contributed by atoms with E-state index in [4.69, 9.17) is 6.42 Å². The summed E-state index contributed by atoms with van der Waals surface area (Å²) >= 11 is 0. The van der Waals surface area contributed by atoms with Gasteiger partial charge in [0.1, 0.15) is 5.69 Å². The first-order valence-corrected chi connectivity index (χ1v) is 5.15. The zero-order valence-electron chi connectivity index (χ0n) is 9.25. The summed E-state index contributed by atoms with van der Waals surface area (Å²) in [6.07, 6.45) is 2.15. The molecule has 0 aliphatic rings. The van der Waals surface area contributed by atoms with Crippen LogP contribution < -0.4 is 0 Å². The molecule has 0 saturated carbocycles. The van der Waals surface area contributed by atoms with Crippen molar-refractivity contribution in [3.8, 4) is 12.3 Å². The van der Waals surface area contributed by atoms with Crippen LogP contribution in [0.1, 0.15) is 22.4 Å². The summed E-state index contributed by atoms with van der Waals surface area (Å²) in [6.45, 7) is 0. The fourth-order valence-corrected chi connectivity index (χ4v) is 1.63. The van der Waals surface area contributed by atoms with E-state index >= 15 is 0 Å². The highest BCUT2D eigenvalue weighted by Gasteiger charge is 2.35. The largest absolute Gasteiger partial charge is 0.433 e. The molecular formula is C13H9F3N2. The summed E-state index contributed by atoms with van der Waals surface area (Å²) in [5, 5.41) is 5.42. The molecule has 1 aromatic carbocycles. The number of hydrogen-bond acceptors (Lipinski definition) is 1. The van der Waals surface area contributed by atoms with Gasteiger partial charge in [-0.25, -0.2) is 0 Å². The minimum absolute atomic E-state index is 0.121. The highest BCUT2D eigenvalue weighted by Crippen LogP contribution is 2.30.